The van der Waals surface area contributed by atoms with Crippen molar-refractivity contribution in [3.63, 3.8) is 0 Å². The quantitative estimate of drug-likeness (QED) is 0.345. The molecule has 0 saturated heterocycles. The number of aryl methyl sites for hydroxylation is 1. The predicted octanol–water partition coefficient (Wildman–Crippen LogP) is 5.04. The molecule has 1 heterocycles. The Morgan fingerprint density at radius 2 is 1.57 bits per heavy atom. The average molecular weight is 472 g/mol. The number of rotatable bonds is 9. The highest BCUT2D eigenvalue weighted by Gasteiger charge is 2.23. The van der Waals surface area contributed by atoms with Crippen LogP contribution in [0, 0.1) is 5.92 Å². The van der Waals surface area contributed by atoms with Gasteiger partial charge in [0.25, 0.3) is 0 Å². The highest BCUT2D eigenvalue weighted by Crippen LogP contribution is 2.30. The van der Waals surface area contributed by atoms with Crippen molar-refractivity contribution in [2.45, 2.75) is 40.5 Å². The van der Waals surface area contributed by atoms with Gasteiger partial charge >= 0.3 is 5.97 Å². The third-order valence-corrected chi connectivity index (χ3v) is 5.72. The van der Waals surface area contributed by atoms with Gasteiger partial charge in [0.05, 0.1) is 0 Å². The first-order valence-corrected chi connectivity index (χ1v) is 11.4. The zero-order chi connectivity index (χ0) is 23.9. The molecule has 35 heavy (non-hydrogen) atoms. The molecule has 182 valence electrons. The van der Waals surface area contributed by atoms with Crippen molar-refractivity contribution in [3.05, 3.63) is 90.0 Å². The molecule has 3 aromatic carbocycles. The largest absolute Gasteiger partial charge is 0.460 e. The Morgan fingerprint density at radius 3 is 2.20 bits per heavy atom. The van der Waals surface area contributed by atoms with Gasteiger partial charge in [0.2, 0.25) is 0 Å². The van der Waals surface area contributed by atoms with Gasteiger partial charge in [0.15, 0.2) is 5.82 Å². The molecular formula is C28H33N5O2. The van der Waals surface area contributed by atoms with Crippen molar-refractivity contribution in [2.24, 2.45) is 13.0 Å². The summed E-state index contributed by atoms with van der Waals surface area (Å²) < 4.78 is 7.22. The van der Waals surface area contributed by atoms with E-state index >= 15 is 0 Å². The number of nitrogens with one attached hydrogen (secondary N) is 1. The van der Waals surface area contributed by atoms with Crippen molar-refractivity contribution in [1.82, 2.24) is 25.5 Å². The number of hydrogen-bond acceptors (Lipinski definition) is 6. The van der Waals surface area contributed by atoms with Gasteiger partial charge in [-0.05, 0) is 38.6 Å². The first-order valence-electron chi connectivity index (χ1n) is 11.4. The van der Waals surface area contributed by atoms with Gasteiger partial charge in [-0.15, -0.1) is 5.10 Å². The monoisotopic (exact) mass is 471 g/mol. The summed E-state index contributed by atoms with van der Waals surface area (Å²) in [5.74, 6) is 0.589. The molecule has 7 heteroatoms. The lowest BCUT2D eigenvalue weighted by Gasteiger charge is -2.21. The Hall–Kier alpha value is -3.84. The molecule has 1 atom stereocenters. The second kappa shape index (κ2) is 12.0. The number of carbonyl (C=O) groups is 1. The second-order valence-corrected chi connectivity index (χ2v) is 8.56. The van der Waals surface area contributed by atoms with E-state index in [0.717, 1.165) is 33.6 Å². The number of nitrogens with zero attached hydrogens (tertiary/aromatic N) is 4. The molecule has 0 fully saturated rings. The lowest BCUT2D eigenvalue weighted by atomic mass is 9.98. The van der Waals surface area contributed by atoms with Crippen LogP contribution in [0.2, 0.25) is 0 Å². The fourth-order valence-corrected chi connectivity index (χ4v) is 3.83. The summed E-state index contributed by atoms with van der Waals surface area (Å²) in [5.41, 5.74) is 5.17. The van der Waals surface area contributed by atoms with Crippen LogP contribution in [0.3, 0.4) is 0 Å². The Kier molecular flexibility index (Phi) is 8.86. The molecule has 0 radical (unpaired) electrons. The third kappa shape index (κ3) is 6.39. The standard InChI is InChI=1S/C27H29N5O2.CH4/c1-19(2)25(27(33)34-18-21-9-5-4-6-10-21)28-17-20-13-15-22(16-14-20)23-11-7-8-12-24(23)26-29-30-31-32(26)3;/h4-16,19,25,28H,17-18H2,1-3H3;1H4. The van der Waals surface area contributed by atoms with E-state index in [2.05, 4.69) is 51.2 Å². The van der Waals surface area contributed by atoms with Gasteiger partial charge in [-0.25, -0.2) is 4.68 Å². The molecule has 7 nitrogen and oxygen atoms in total. The highest BCUT2D eigenvalue weighted by molar-refractivity contribution is 5.80. The van der Waals surface area contributed by atoms with Crippen LogP contribution >= 0.6 is 0 Å². The topological polar surface area (TPSA) is 81.9 Å². The maximum Gasteiger partial charge on any atom is 0.323 e. The fraction of sp³-hybridized carbons (Fsp3) is 0.286. The number of carbonyl (C=O) groups excluding carboxylic acids is 1. The van der Waals surface area contributed by atoms with E-state index < -0.39 is 0 Å². The van der Waals surface area contributed by atoms with Crippen LogP contribution < -0.4 is 5.32 Å². The summed E-state index contributed by atoms with van der Waals surface area (Å²) in [6, 6.07) is 25.7. The van der Waals surface area contributed by atoms with Crippen molar-refractivity contribution >= 4 is 5.97 Å². The molecule has 0 saturated carbocycles. The predicted molar refractivity (Wildman–Crippen MR) is 138 cm³/mol. The fourth-order valence-electron chi connectivity index (χ4n) is 3.83. The van der Waals surface area contributed by atoms with Gasteiger partial charge in [0.1, 0.15) is 12.6 Å². The summed E-state index contributed by atoms with van der Waals surface area (Å²) in [6.45, 7) is 4.88. The summed E-state index contributed by atoms with van der Waals surface area (Å²) in [5, 5.41) is 15.2. The van der Waals surface area contributed by atoms with E-state index in [1.165, 1.54) is 0 Å². The van der Waals surface area contributed by atoms with Crippen molar-refractivity contribution < 1.29 is 9.53 Å². The number of hydrogen-bond donors (Lipinski definition) is 1. The van der Waals surface area contributed by atoms with E-state index in [0.29, 0.717) is 6.54 Å². The van der Waals surface area contributed by atoms with Crippen LogP contribution in [-0.2, 0) is 29.7 Å². The normalized spacial score (nSPS) is 11.7. The molecular weight excluding hydrogens is 438 g/mol. The maximum atomic E-state index is 12.7. The van der Waals surface area contributed by atoms with Gasteiger partial charge in [-0.3, -0.25) is 4.79 Å². The van der Waals surface area contributed by atoms with Gasteiger partial charge in [-0.2, -0.15) is 0 Å². The minimum atomic E-state index is -0.382. The van der Waals surface area contributed by atoms with E-state index in [9.17, 15) is 4.79 Å². The van der Waals surface area contributed by atoms with E-state index in [1.807, 2.05) is 69.4 Å². The zero-order valence-electron chi connectivity index (χ0n) is 19.7. The van der Waals surface area contributed by atoms with E-state index in [1.54, 1.807) is 4.68 Å². The van der Waals surface area contributed by atoms with Crippen LogP contribution in [0.25, 0.3) is 22.5 Å². The van der Waals surface area contributed by atoms with Crippen LogP contribution in [0.5, 0.6) is 0 Å². The van der Waals surface area contributed by atoms with Gasteiger partial charge in [-0.1, -0.05) is 100 Å². The molecule has 0 aliphatic heterocycles. The Balaban J connectivity index is 0.00000342. The number of ether oxygens (including phenoxy) is 1. The van der Waals surface area contributed by atoms with Crippen LogP contribution in [0.15, 0.2) is 78.9 Å². The van der Waals surface area contributed by atoms with Crippen LogP contribution in [0.4, 0.5) is 0 Å². The van der Waals surface area contributed by atoms with Crippen molar-refractivity contribution in [3.8, 4) is 22.5 Å². The molecule has 0 aliphatic rings. The zero-order valence-corrected chi connectivity index (χ0v) is 19.7. The molecule has 1 aromatic heterocycles. The summed E-state index contributed by atoms with van der Waals surface area (Å²) in [7, 11) is 1.83. The van der Waals surface area contributed by atoms with Crippen LogP contribution in [-0.4, -0.2) is 32.2 Å². The highest BCUT2D eigenvalue weighted by atomic mass is 16.5. The Morgan fingerprint density at radius 1 is 0.914 bits per heavy atom. The molecule has 1 unspecified atom stereocenters. The lowest BCUT2D eigenvalue weighted by Crippen LogP contribution is -2.41. The summed E-state index contributed by atoms with van der Waals surface area (Å²) >= 11 is 0. The van der Waals surface area contributed by atoms with Crippen molar-refractivity contribution in [1.29, 1.82) is 0 Å². The summed E-state index contributed by atoms with van der Waals surface area (Å²) in [4.78, 5) is 12.7. The first-order chi connectivity index (χ1) is 16.5. The van der Waals surface area contributed by atoms with E-state index in [4.69, 9.17) is 4.74 Å². The Bertz CT molecular complexity index is 1220. The lowest BCUT2D eigenvalue weighted by molar-refractivity contribution is -0.148. The number of tetrazole rings is 1. The van der Waals surface area contributed by atoms with E-state index in [-0.39, 0.29) is 32.0 Å². The van der Waals surface area contributed by atoms with Crippen LogP contribution in [0.1, 0.15) is 32.4 Å². The molecule has 4 aromatic rings. The molecule has 0 bridgehead atoms. The Labute approximate surface area is 207 Å². The molecule has 0 aliphatic carbocycles. The summed E-state index contributed by atoms with van der Waals surface area (Å²) in [6.07, 6.45) is 0. The number of aromatic nitrogens is 4. The molecule has 1 N–H and O–H groups in total. The smallest absolute Gasteiger partial charge is 0.323 e. The maximum absolute atomic E-state index is 12.7. The molecule has 0 amide bonds. The minimum Gasteiger partial charge on any atom is -0.460 e. The number of benzene rings is 3. The third-order valence-electron chi connectivity index (χ3n) is 5.72. The number of esters is 1. The second-order valence-electron chi connectivity index (χ2n) is 8.56. The minimum absolute atomic E-state index is 0. The van der Waals surface area contributed by atoms with Gasteiger partial charge < -0.3 is 10.1 Å². The SMILES string of the molecule is C.CC(C)C(NCc1ccc(-c2ccccc2-c2nnnn2C)cc1)C(=O)OCc1ccccc1. The van der Waals surface area contributed by atoms with Crippen molar-refractivity contribution in [2.75, 3.05) is 0 Å². The molecule has 4 rings (SSSR count). The van der Waals surface area contributed by atoms with Gasteiger partial charge in [0, 0.05) is 19.2 Å². The first kappa shape index (κ1) is 25.8. The molecule has 0 spiro atoms. The average Bonchev–Trinajstić information content (AvgIpc) is 3.29.